The number of piperazine rings is 1. The number of fused-ring (bicyclic) bond motifs is 1. The molecule has 4 rings (SSSR count). The van der Waals surface area contributed by atoms with Crippen LogP contribution in [0.25, 0.3) is 11.0 Å². The number of amides is 2. The van der Waals surface area contributed by atoms with Gasteiger partial charge in [-0.1, -0.05) is 0 Å². The van der Waals surface area contributed by atoms with Crippen molar-refractivity contribution in [1.82, 2.24) is 24.4 Å². The van der Waals surface area contributed by atoms with Gasteiger partial charge in [0.05, 0.1) is 42.6 Å². The van der Waals surface area contributed by atoms with E-state index < -0.39 is 17.6 Å². The minimum atomic E-state index is -4.48. The predicted octanol–water partition coefficient (Wildman–Crippen LogP) is 1.70. The summed E-state index contributed by atoms with van der Waals surface area (Å²) in [6.45, 7) is 2.81. The summed E-state index contributed by atoms with van der Waals surface area (Å²) >= 11 is 0. The van der Waals surface area contributed by atoms with Crippen LogP contribution in [0.15, 0.2) is 36.9 Å². The number of ether oxygens (including phenoxy) is 1. The Labute approximate surface area is 198 Å². The van der Waals surface area contributed by atoms with E-state index in [1.807, 2.05) is 4.57 Å². The monoisotopic (exact) mass is 491 g/mol. The lowest BCUT2D eigenvalue weighted by molar-refractivity contribution is -0.138. The van der Waals surface area contributed by atoms with Crippen molar-refractivity contribution in [3.8, 4) is 0 Å². The molecule has 0 atom stereocenters. The second kappa shape index (κ2) is 10.3. The molecule has 186 valence electrons. The molecule has 1 saturated heterocycles. The standard InChI is InChI=1S/C22H24F3N7O3/c23-22(24,25)16-12-27-21(28-13-16)31-6-4-30(5-7-31)19(33)3-9-35-10-8-32-14-29-17-2-1-15(20(26)34)11-18(17)32/h1-2,11-14H,3-10H2,(H2,26,34). The van der Waals surface area contributed by atoms with E-state index in [4.69, 9.17) is 10.5 Å². The number of aromatic nitrogens is 4. The van der Waals surface area contributed by atoms with Crippen molar-refractivity contribution in [3.05, 3.63) is 48.0 Å². The van der Waals surface area contributed by atoms with Crippen LogP contribution in [-0.4, -0.2) is 75.6 Å². The number of hydrogen-bond acceptors (Lipinski definition) is 7. The van der Waals surface area contributed by atoms with E-state index in [-0.39, 0.29) is 24.9 Å². The number of rotatable bonds is 8. The molecule has 0 radical (unpaired) electrons. The number of imidazole rings is 1. The van der Waals surface area contributed by atoms with Crippen LogP contribution < -0.4 is 10.6 Å². The number of alkyl halides is 3. The summed E-state index contributed by atoms with van der Waals surface area (Å²) in [5.41, 5.74) is 6.35. The van der Waals surface area contributed by atoms with Crippen LogP contribution in [0, 0.1) is 0 Å². The van der Waals surface area contributed by atoms with Gasteiger partial charge in [-0.15, -0.1) is 0 Å². The van der Waals surface area contributed by atoms with Crippen molar-refractivity contribution < 1.29 is 27.5 Å². The van der Waals surface area contributed by atoms with Gasteiger partial charge in [-0.05, 0) is 18.2 Å². The van der Waals surface area contributed by atoms with E-state index in [1.54, 1.807) is 34.3 Å². The number of benzene rings is 1. The fourth-order valence-corrected chi connectivity index (χ4v) is 3.76. The van der Waals surface area contributed by atoms with Gasteiger partial charge in [0.1, 0.15) is 0 Å². The molecular weight excluding hydrogens is 467 g/mol. The van der Waals surface area contributed by atoms with Gasteiger partial charge in [0.2, 0.25) is 17.8 Å². The summed E-state index contributed by atoms with van der Waals surface area (Å²) in [5, 5.41) is 0. The van der Waals surface area contributed by atoms with Crippen molar-refractivity contribution in [1.29, 1.82) is 0 Å². The molecule has 1 aromatic carbocycles. The first-order valence-corrected chi connectivity index (χ1v) is 11.0. The molecule has 35 heavy (non-hydrogen) atoms. The topological polar surface area (TPSA) is 119 Å². The Morgan fingerprint density at radius 3 is 2.40 bits per heavy atom. The predicted molar refractivity (Wildman–Crippen MR) is 120 cm³/mol. The van der Waals surface area contributed by atoms with Crippen LogP contribution in [0.4, 0.5) is 19.1 Å². The maximum atomic E-state index is 12.7. The molecule has 3 aromatic rings. The Bertz CT molecular complexity index is 1190. The van der Waals surface area contributed by atoms with Gasteiger partial charge in [0, 0.05) is 50.7 Å². The number of hydrogen-bond donors (Lipinski definition) is 1. The van der Waals surface area contributed by atoms with Crippen molar-refractivity contribution in [2.45, 2.75) is 19.1 Å². The van der Waals surface area contributed by atoms with E-state index in [0.717, 1.165) is 23.4 Å². The summed E-state index contributed by atoms with van der Waals surface area (Å²) < 4.78 is 45.4. The zero-order chi connectivity index (χ0) is 25.0. The van der Waals surface area contributed by atoms with Crippen molar-refractivity contribution >= 4 is 28.8 Å². The van der Waals surface area contributed by atoms with E-state index >= 15 is 0 Å². The van der Waals surface area contributed by atoms with Crippen molar-refractivity contribution in [3.63, 3.8) is 0 Å². The number of carbonyl (C=O) groups excluding carboxylic acids is 2. The zero-order valence-electron chi connectivity index (χ0n) is 18.7. The van der Waals surface area contributed by atoms with Crippen LogP contribution >= 0.6 is 0 Å². The van der Waals surface area contributed by atoms with Gasteiger partial charge >= 0.3 is 6.18 Å². The van der Waals surface area contributed by atoms with Crippen molar-refractivity contribution in [2.24, 2.45) is 5.73 Å². The van der Waals surface area contributed by atoms with Gasteiger partial charge in [-0.2, -0.15) is 13.2 Å². The Hall–Kier alpha value is -3.74. The fourth-order valence-electron chi connectivity index (χ4n) is 3.76. The normalized spacial score (nSPS) is 14.5. The maximum Gasteiger partial charge on any atom is 0.419 e. The Morgan fingerprint density at radius 1 is 1.03 bits per heavy atom. The first-order chi connectivity index (χ1) is 16.7. The minimum Gasteiger partial charge on any atom is -0.379 e. The zero-order valence-corrected chi connectivity index (χ0v) is 18.7. The quantitative estimate of drug-likeness (QED) is 0.477. The Kier molecular flexibility index (Phi) is 7.15. The van der Waals surface area contributed by atoms with Gasteiger partial charge in [-0.25, -0.2) is 15.0 Å². The minimum absolute atomic E-state index is 0.0582. The average Bonchev–Trinajstić information content (AvgIpc) is 3.25. The number of primary amides is 1. The molecule has 0 aliphatic carbocycles. The van der Waals surface area contributed by atoms with Gasteiger partial charge < -0.3 is 24.8 Å². The molecule has 3 heterocycles. The molecule has 0 spiro atoms. The molecular formula is C22H24F3N7O3. The SMILES string of the molecule is NC(=O)c1ccc2ncn(CCOCCC(=O)N3CCN(c4ncc(C(F)(F)F)cn4)CC3)c2c1. The van der Waals surface area contributed by atoms with Crippen LogP contribution in [0.5, 0.6) is 0 Å². The molecule has 10 nitrogen and oxygen atoms in total. The second-order valence-corrected chi connectivity index (χ2v) is 8.01. The number of halogens is 3. The van der Waals surface area contributed by atoms with E-state index in [1.165, 1.54) is 0 Å². The highest BCUT2D eigenvalue weighted by molar-refractivity contribution is 5.96. The van der Waals surface area contributed by atoms with Gasteiger partial charge in [0.25, 0.3) is 0 Å². The molecule has 0 bridgehead atoms. The molecule has 2 aromatic heterocycles. The number of carbonyl (C=O) groups is 2. The third-order valence-corrected chi connectivity index (χ3v) is 5.72. The summed E-state index contributed by atoms with van der Waals surface area (Å²) in [4.78, 5) is 39.2. The van der Waals surface area contributed by atoms with Crippen LogP contribution in [0.3, 0.4) is 0 Å². The van der Waals surface area contributed by atoms with Crippen molar-refractivity contribution in [2.75, 3.05) is 44.3 Å². The van der Waals surface area contributed by atoms with E-state index in [0.29, 0.717) is 44.9 Å². The molecule has 2 N–H and O–H groups in total. The third kappa shape index (κ3) is 5.85. The van der Waals surface area contributed by atoms with E-state index in [2.05, 4.69) is 15.0 Å². The van der Waals surface area contributed by atoms with E-state index in [9.17, 15) is 22.8 Å². The maximum absolute atomic E-state index is 12.7. The lowest BCUT2D eigenvalue weighted by Gasteiger charge is -2.34. The fraction of sp³-hybridized carbons (Fsp3) is 0.409. The summed E-state index contributed by atoms with van der Waals surface area (Å²) in [6.07, 6.45) is -1.08. The molecule has 1 fully saturated rings. The Balaban J connectivity index is 1.18. The van der Waals surface area contributed by atoms with Crippen LogP contribution in [0.2, 0.25) is 0 Å². The summed E-state index contributed by atoms with van der Waals surface area (Å²) in [5.74, 6) is -0.359. The van der Waals surface area contributed by atoms with Gasteiger partial charge in [0.15, 0.2) is 0 Å². The lowest BCUT2D eigenvalue weighted by atomic mass is 10.2. The Morgan fingerprint density at radius 2 is 1.74 bits per heavy atom. The molecule has 0 saturated carbocycles. The number of anilines is 1. The summed E-state index contributed by atoms with van der Waals surface area (Å²) in [6, 6.07) is 5.04. The second-order valence-electron chi connectivity index (χ2n) is 8.01. The molecule has 1 aliphatic rings. The number of nitrogens with zero attached hydrogens (tertiary/aromatic N) is 6. The van der Waals surface area contributed by atoms with Gasteiger partial charge in [-0.3, -0.25) is 9.59 Å². The first-order valence-electron chi connectivity index (χ1n) is 11.0. The number of nitrogens with two attached hydrogens (primary N) is 1. The highest BCUT2D eigenvalue weighted by Crippen LogP contribution is 2.28. The van der Waals surface area contributed by atoms with Crippen LogP contribution in [0.1, 0.15) is 22.3 Å². The molecule has 1 aliphatic heterocycles. The van der Waals surface area contributed by atoms with Crippen LogP contribution in [-0.2, 0) is 22.3 Å². The largest absolute Gasteiger partial charge is 0.419 e. The average molecular weight is 491 g/mol. The first kappa shape index (κ1) is 24.4. The lowest BCUT2D eigenvalue weighted by Crippen LogP contribution is -2.49. The highest BCUT2D eigenvalue weighted by Gasteiger charge is 2.32. The molecule has 2 amide bonds. The highest BCUT2D eigenvalue weighted by atomic mass is 19.4. The third-order valence-electron chi connectivity index (χ3n) is 5.72. The summed E-state index contributed by atoms with van der Waals surface area (Å²) in [7, 11) is 0. The smallest absolute Gasteiger partial charge is 0.379 e. The molecule has 13 heteroatoms. The molecule has 0 unspecified atom stereocenters.